The molecule has 2 amide bonds. The molecule has 1 aromatic carbocycles. The molecule has 1 aliphatic rings. The van der Waals surface area contributed by atoms with Crippen molar-refractivity contribution < 1.29 is 13.9 Å². The summed E-state index contributed by atoms with van der Waals surface area (Å²) < 4.78 is 18.9. The molecule has 0 aliphatic carbocycles. The third-order valence-corrected chi connectivity index (χ3v) is 3.57. The van der Waals surface area contributed by atoms with Crippen LogP contribution >= 0.6 is 0 Å². The second-order valence-electron chi connectivity index (χ2n) is 5.25. The maximum absolute atomic E-state index is 13.4. The number of urea groups is 1. The van der Waals surface area contributed by atoms with Gasteiger partial charge in [0.15, 0.2) is 0 Å². The molecule has 0 bridgehead atoms. The fourth-order valence-corrected chi connectivity index (χ4v) is 2.28. The van der Waals surface area contributed by atoms with Gasteiger partial charge in [0.1, 0.15) is 5.82 Å². The molecule has 2 N–H and O–H groups in total. The predicted molar refractivity (Wildman–Crippen MR) is 74.9 cm³/mol. The van der Waals surface area contributed by atoms with E-state index in [-0.39, 0.29) is 24.0 Å². The fourth-order valence-electron chi connectivity index (χ4n) is 2.28. The number of rotatable bonds is 4. The van der Waals surface area contributed by atoms with E-state index in [9.17, 15) is 9.18 Å². The Bertz CT molecular complexity index is 473. The van der Waals surface area contributed by atoms with Crippen LogP contribution in [0.15, 0.2) is 18.2 Å². The zero-order chi connectivity index (χ0) is 14.5. The SMILES string of the molecule is Cc1ccc(CNC(=O)NC(C)C2CCCO2)cc1F. The van der Waals surface area contributed by atoms with Gasteiger partial charge >= 0.3 is 6.03 Å². The molecule has 0 radical (unpaired) electrons. The smallest absolute Gasteiger partial charge is 0.315 e. The van der Waals surface area contributed by atoms with Crippen LogP contribution in [-0.2, 0) is 11.3 Å². The van der Waals surface area contributed by atoms with E-state index in [1.54, 1.807) is 13.0 Å². The van der Waals surface area contributed by atoms with Crippen molar-refractivity contribution in [3.8, 4) is 0 Å². The van der Waals surface area contributed by atoms with E-state index in [4.69, 9.17) is 4.74 Å². The van der Waals surface area contributed by atoms with Crippen LogP contribution in [0.5, 0.6) is 0 Å². The lowest BCUT2D eigenvalue weighted by molar-refractivity contribution is 0.0860. The summed E-state index contributed by atoms with van der Waals surface area (Å²) in [6.07, 6.45) is 2.11. The number of benzene rings is 1. The fraction of sp³-hybridized carbons (Fsp3) is 0.533. The monoisotopic (exact) mass is 280 g/mol. The predicted octanol–water partition coefficient (Wildman–Crippen LogP) is 2.50. The lowest BCUT2D eigenvalue weighted by Crippen LogP contribution is -2.45. The average Bonchev–Trinajstić information content (AvgIpc) is 2.94. The van der Waals surface area contributed by atoms with Gasteiger partial charge in [-0.05, 0) is 43.9 Å². The Hall–Kier alpha value is -1.62. The van der Waals surface area contributed by atoms with Gasteiger partial charge in [0.25, 0.3) is 0 Å². The lowest BCUT2D eigenvalue weighted by Gasteiger charge is -2.20. The second kappa shape index (κ2) is 6.70. The number of carbonyl (C=O) groups is 1. The number of carbonyl (C=O) groups excluding carboxylic acids is 1. The van der Waals surface area contributed by atoms with Gasteiger partial charge in [0.2, 0.25) is 0 Å². The quantitative estimate of drug-likeness (QED) is 0.890. The summed E-state index contributed by atoms with van der Waals surface area (Å²) >= 11 is 0. The first-order valence-corrected chi connectivity index (χ1v) is 6.97. The number of halogens is 1. The van der Waals surface area contributed by atoms with Crippen LogP contribution < -0.4 is 10.6 Å². The summed E-state index contributed by atoms with van der Waals surface area (Å²) in [5.74, 6) is -0.252. The molecule has 1 saturated heterocycles. The molecular formula is C15H21FN2O2. The Balaban J connectivity index is 1.78. The van der Waals surface area contributed by atoms with Crippen LogP contribution in [0.3, 0.4) is 0 Å². The Morgan fingerprint density at radius 2 is 2.35 bits per heavy atom. The van der Waals surface area contributed by atoms with E-state index in [1.807, 2.05) is 13.0 Å². The van der Waals surface area contributed by atoms with E-state index in [1.165, 1.54) is 6.07 Å². The molecule has 0 spiro atoms. The van der Waals surface area contributed by atoms with Crippen molar-refractivity contribution in [1.82, 2.24) is 10.6 Å². The van der Waals surface area contributed by atoms with E-state index in [2.05, 4.69) is 10.6 Å². The molecule has 1 aliphatic heterocycles. The van der Waals surface area contributed by atoms with Gasteiger partial charge in [0, 0.05) is 13.2 Å². The van der Waals surface area contributed by atoms with Gasteiger partial charge in [-0.15, -0.1) is 0 Å². The summed E-state index contributed by atoms with van der Waals surface area (Å²) in [5, 5.41) is 5.58. The minimum atomic E-state index is -0.256. The van der Waals surface area contributed by atoms with Gasteiger partial charge < -0.3 is 15.4 Å². The highest BCUT2D eigenvalue weighted by atomic mass is 19.1. The number of nitrogens with one attached hydrogen (secondary N) is 2. The number of aryl methyl sites for hydroxylation is 1. The Morgan fingerprint density at radius 3 is 3.00 bits per heavy atom. The van der Waals surface area contributed by atoms with Gasteiger partial charge in [-0.1, -0.05) is 12.1 Å². The van der Waals surface area contributed by atoms with E-state index >= 15 is 0 Å². The normalized spacial score (nSPS) is 19.6. The zero-order valence-corrected chi connectivity index (χ0v) is 11.9. The number of amides is 2. The summed E-state index contributed by atoms with van der Waals surface area (Å²) in [7, 11) is 0. The molecule has 4 nitrogen and oxygen atoms in total. The van der Waals surface area contributed by atoms with Crippen LogP contribution in [0.25, 0.3) is 0 Å². The van der Waals surface area contributed by atoms with Gasteiger partial charge in [-0.2, -0.15) is 0 Å². The average molecular weight is 280 g/mol. The van der Waals surface area contributed by atoms with Crippen molar-refractivity contribution in [3.05, 3.63) is 35.1 Å². The lowest BCUT2D eigenvalue weighted by atomic mass is 10.1. The molecule has 0 aromatic heterocycles. The molecular weight excluding hydrogens is 259 g/mol. The maximum atomic E-state index is 13.4. The van der Waals surface area contributed by atoms with Crippen molar-refractivity contribution in [3.63, 3.8) is 0 Å². The largest absolute Gasteiger partial charge is 0.376 e. The first kappa shape index (κ1) is 14.8. The Kier molecular flexibility index (Phi) is 4.95. The van der Waals surface area contributed by atoms with Crippen molar-refractivity contribution in [2.45, 2.75) is 45.4 Å². The third kappa shape index (κ3) is 3.93. The van der Waals surface area contributed by atoms with E-state index in [0.717, 1.165) is 25.0 Å². The molecule has 2 unspecified atom stereocenters. The summed E-state index contributed by atoms with van der Waals surface area (Å²) in [6, 6.07) is 4.68. The Labute approximate surface area is 118 Å². The summed E-state index contributed by atoms with van der Waals surface area (Å²) in [4.78, 5) is 11.8. The van der Waals surface area contributed by atoms with E-state index < -0.39 is 0 Å². The zero-order valence-electron chi connectivity index (χ0n) is 11.9. The maximum Gasteiger partial charge on any atom is 0.315 e. The molecule has 1 fully saturated rings. The first-order chi connectivity index (χ1) is 9.56. The molecule has 1 aromatic rings. The second-order valence-corrected chi connectivity index (χ2v) is 5.25. The van der Waals surface area contributed by atoms with Crippen LogP contribution in [0, 0.1) is 12.7 Å². The third-order valence-electron chi connectivity index (χ3n) is 3.57. The van der Waals surface area contributed by atoms with Crippen LogP contribution in [-0.4, -0.2) is 24.8 Å². The minimum Gasteiger partial charge on any atom is -0.376 e. The van der Waals surface area contributed by atoms with Crippen molar-refractivity contribution in [1.29, 1.82) is 0 Å². The summed E-state index contributed by atoms with van der Waals surface area (Å²) in [6.45, 7) is 4.71. The van der Waals surface area contributed by atoms with Crippen molar-refractivity contribution in [2.75, 3.05) is 6.61 Å². The highest BCUT2D eigenvalue weighted by Crippen LogP contribution is 2.15. The standard InChI is InChI=1S/C15H21FN2O2/c1-10-5-6-12(8-13(10)16)9-17-15(19)18-11(2)14-4-3-7-20-14/h5-6,8,11,14H,3-4,7,9H2,1-2H3,(H2,17,18,19). The molecule has 0 saturated carbocycles. The van der Waals surface area contributed by atoms with Crippen LogP contribution in [0.1, 0.15) is 30.9 Å². The van der Waals surface area contributed by atoms with Crippen LogP contribution in [0.4, 0.5) is 9.18 Å². The number of hydrogen-bond acceptors (Lipinski definition) is 2. The highest BCUT2D eigenvalue weighted by molar-refractivity contribution is 5.74. The van der Waals surface area contributed by atoms with Crippen LogP contribution in [0.2, 0.25) is 0 Å². The molecule has 110 valence electrons. The summed E-state index contributed by atoms with van der Waals surface area (Å²) in [5.41, 5.74) is 1.35. The Morgan fingerprint density at radius 1 is 1.55 bits per heavy atom. The van der Waals surface area contributed by atoms with Crippen molar-refractivity contribution in [2.24, 2.45) is 0 Å². The van der Waals surface area contributed by atoms with Gasteiger partial charge in [0.05, 0.1) is 12.1 Å². The molecule has 5 heteroatoms. The van der Waals surface area contributed by atoms with Gasteiger partial charge in [-0.25, -0.2) is 9.18 Å². The van der Waals surface area contributed by atoms with Crippen molar-refractivity contribution >= 4 is 6.03 Å². The number of hydrogen-bond donors (Lipinski definition) is 2. The van der Waals surface area contributed by atoms with E-state index in [0.29, 0.717) is 12.1 Å². The topological polar surface area (TPSA) is 50.4 Å². The molecule has 20 heavy (non-hydrogen) atoms. The molecule has 2 rings (SSSR count). The van der Waals surface area contributed by atoms with Gasteiger partial charge in [-0.3, -0.25) is 0 Å². The first-order valence-electron chi connectivity index (χ1n) is 6.97. The highest BCUT2D eigenvalue weighted by Gasteiger charge is 2.23. The minimum absolute atomic E-state index is 0.0211. The molecule has 2 atom stereocenters. The molecule has 1 heterocycles. The number of ether oxygens (including phenoxy) is 1.